The van der Waals surface area contributed by atoms with Gasteiger partial charge in [-0.2, -0.15) is 0 Å². The lowest BCUT2D eigenvalue weighted by molar-refractivity contribution is 0.103. The topological polar surface area (TPSA) is 29.1 Å². The minimum absolute atomic E-state index is 0.109. The highest BCUT2D eigenvalue weighted by molar-refractivity contribution is 6.09. The molecule has 0 aliphatic carbocycles. The van der Waals surface area contributed by atoms with Gasteiger partial charge in [0.2, 0.25) is 0 Å². The predicted molar refractivity (Wildman–Crippen MR) is 76.3 cm³/mol. The standard InChI is InChI=1S/C17H17NO/c1-11-3-4-13(7-12(11)2)17(19)14-5-6-15-9-18-10-16(15)8-14/h3-8,18H,9-10H2,1-2H3. The highest BCUT2D eigenvalue weighted by Crippen LogP contribution is 2.20. The summed E-state index contributed by atoms with van der Waals surface area (Å²) in [5, 5.41) is 3.30. The fraction of sp³-hybridized carbons (Fsp3) is 0.235. The molecule has 0 bridgehead atoms. The van der Waals surface area contributed by atoms with E-state index in [0.717, 1.165) is 29.8 Å². The van der Waals surface area contributed by atoms with E-state index in [-0.39, 0.29) is 5.78 Å². The maximum absolute atomic E-state index is 12.5. The van der Waals surface area contributed by atoms with Gasteiger partial charge in [-0.05, 0) is 48.2 Å². The van der Waals surface area contributed by atoms with Gasteiger partial charge in [0.05, 0.1) is 0 Å². The van der Waals surface area contributed by atoms with Crippen molar-refractivity contribution >= 4 is 5.78 Å². The smallest absolute Gasteiger partial charge is 0.193 e. The molecular formula is C17H17NO. The van der Waals surface area contributed by atoms with E-state index in [4.69, 9.17) is 0 Å². The maximum atomic E-state index is 12.5. The molecule has 19 heavy (non-hydrogen) atoms. The summed E-state index contributed by atoms with van der Waals surface area (Å²) >= 11 is 0. The van der Waals surface area contributed by atoms with Gasteiger partial charge >= 0.3 is 0 Å². The molecule has 2 nitrogen and oxygen atoms in total. The number of ketones is 1. The van der Waals surface area contributed by atoms with E-state index in [1.807, 2.05) is 37.3 Å². The third-order valence-electron chi connectivity index (χ3n) is 3.87. The van der Waals surface area contributed by atoms with Gasteiger partial charge in [0.1, 0.15) is 0 Å². The average Bonchev–Trinajstić information content (AvgIpc) is 2.88. The highest BCUT2D eigenvalue weighted by atomic mass is 16.1. The fourth-order valence-electron chi connectivity index (χ4n) is 2.49. The Hall–Kier alpha value is -1.93. The number of rotatable bonds is 2. The summed E-state index contributed by atoms with van der Waals surface area (Å²) < 4.78 is 0. The summed E-state index contributed by atoms with van der Waals surface area (Å²) in [6, 6.07) is 11.9. The van der Waals surface area contributed by atoms with Crippen molar-refractivity contribution in [2.75, 3.05) is 0 Å². The zero-order valence-electron chi connectivity index (χ0n) is 11.3. The number of nitrogens with one attached hydrogen (secondary N) is 1. The molecule has 0 unspecified atom stereocenters. The number of hydrogen-bond acceptors (Lipinski definition) is 2. The molecule has 96 valence electrons. The Morgan fingerprint density at radius 2 is 1.58 bits per heavy atom. The van der Waals surface area contributed by atoms with Crippen LogP contribution in [-0.4, -0.2) is 5.78 Å². The molecule has 2 heteroatoms. The molecule has 0 radical (unpaired) electrons. The second-order valence-electron chi connectivity index (χ2n) is 5.22. The Labute approximate surface area is 113 Å². The van der Waals surface area contributed by atoms with Crippen LogP contribution in [0.5, 0.6) is 0 Å². The van der Waals surface area contributed by atoms with Crippen LogP contribution in [0.15, 0.2) is 36.4 Å². The second-order valence-corrected chi connectivity index (χ2v) is 5.22. The Morgan fingerprint density at radius 3 is 2.37 bits per heavy atom. The van der Waals surface area contributed by atoms with Crippen LogP contribution in [0.4, 0.5) is 0 Å². The molecule has 3 rings (SSSR count). The summed E-state index contributed by atoms with van der Waals surface area (Å²) in [5.41, 5.74) is 6.48. The fourth-order valence-corrected chi connectivity index (χ4v) is 2.49. The number of benzene rings is 2. The van der Waals surface area contributed by atoms with Crippen molar-refractivity contribution in [2.24, 2.45) is 0 Å². The molecule has 0 saturated heterocycles. The van der Waals surface area contributed by atoms with E-state index in [9.17, 15) is 4.79 Å². The molecule has 2 aromatic carbocycles. The van der Waals surface area contributed by atoms with Crippen molar-refractivity contribution in [1.82, 2.24) is 5.32 Å². The first-order valence-electron chi connectivity index (χ1n) is 6.59. The van der Waals surface area contributed by atoms with E-state index >= 15 is 0 Å². The molecule has 0 saturated carbocycles. The van der Waals surface area contributed by atoms with Crippen molar-refractivity contribution < 1.29 is 4.79 Å². The monoisotopic (exact) mass is 251 g/mol. The normalized spacial score (nSPS) is 13.4. The van der Waals surface area contributed by atoms with Gasteiger partial charge in [0.25, 0.3) is 0 Å². The Balaban J connectivity index is 1.97. The van der Waals surface area contributed by atoms with E-state index < -0.39 is 0 Å². The largest absolute Gasteiger partial charge is 0.309 e. The second kappa shape index (κ2) is 4.63. The van der Waals surface area contributed by atoms with Gasteiger partial charge in [-0.3, -0.25) is 4.79 Å². The van der Waals surface area contributed by atoms with Crippen LogP contribution in [0.25, 0.3) is 0 Å². The number of hydrogen-bond donors (Lipinski definition) is 1. The van der Waals surface area contributed by atoms with Gasteiger partial charge in [0.15, 0.2) is 5.78 Å². The minimum atomic E-state index is 0.109. The average molecular weight is 251 g/mol. The van der Waals surface area contributed by atoms with Crippen LogP contribution in [0, 0.1) is 13.8 Å². The first kappa shape index (κ1) is 12.1. The maximum Gasteiger partial charge on any atom is 0.193 e. The van der Waals surface area contributed by atoms with Gasteiger partial charge < -0.3 is 5.32 Å². The number of carbonyl (C=O) groups is 1. The summed E-state index contributed by atoms with van der Waals surface area (Å²) in [5.74, 6) is 0.109. The zero-order chi connectivity index (χ0) is 13.4. The molecule has 2 aromatic rings. The van der Waals surface area contributed by atoms with Crippen LogP contribution >= 0.6 is 0 Å². The molecule has 0 fully saturated rings. The molecule has 0 atom stereocenters. The van der Waals surface area contributed by atoms with Crippen molar-refractivity contribution in [2.45, 2.75) is 26.9 Å². The van der Waals surface area contributed by atoms with Gasteiger partial charge in [-0.25, -0.2) is 0 Å². The van der Waals surface area contributed by atoms with Gasteiger partial charge in [-0.15, -0.1) is 0 Å². The summed E-state index contributed by atoms with van der Waals surface area (Å²) in [6.45, 7) is 5.88. The van der Waals surface area contributed by atoms with E-state index in [2.05, 4.69) is 18.3 Å². The summed E-state index contributed by atoms with van der Waals surface area (Å²) in [7, 11) is 0. The molecule has 1 N–H and O–H groups in total. The van der Waals surface area contributed by atoms with Crippen LogP contribution in [-0.2, 0) is 13.1 Å². The Bertz CT molecular complexity index is 658. The number of carbonyl (C=O) groups excluding carboxylic acids is 1. The lowest BCUT2D eigenvalue weighted by Crippen LogP contribution is -2.03. The van der Waals surface area contributed by atoms with E-state index in [1.54, 1.807) is 0 Å². The SMILES string of the molecule is Cc1ccc(C(=O)c2ccc3c(c2)CNC3)cc1C. The quantitative estimate of drug-likeness (QED) is 0.831. The molecule has 1 aliphatic rings. The highest BCUT2D eigenvalue weighted by Gasteiger charge is 2.15. The predicted octanol–water partition coefficient (Wildman–Crippen LogP) is 3.14. The van der Waals surface area contributed by atoms with Gasteiger partial charge in [0, 0.05) is 24.2 Å². The first-order chi connectivity index (χ1) is 9.15. The van der Waals surface area contributed by atoms with Crippen LogP contribution in [0.2, 0.25) is 0 Å². The van der Waals surface area contributed by atoms with E-state index in [1.165, 1.54) is 16.7 Å². The van der Waals surface area contributed by atoms with Crippen LogP contribution < -0.4 is 5.32 Å². The number of fused-ring (bicyclic) bond motifs is 1. The van der Waals surface area contributed by atoms with Crippen molar-refractivity contribution in [1.29, 1.82) is 0 Å². The number of aryl methyl sites for hydroxylation is 2. The lowest BCUT2D eigenvalue weighted by Gasteiger charge is -2.06. The molecule has 0 aromatic heterocycles. The first-order valence-corrected chi connectivity index (χ1v) is 6.59. The lowest BCUT2D eigenvalue weighted by atomic mass is 9.97. The minimum Gasteiger partial charge on any atom is -0.309 e. The van der Waals surface area contributed by atoms with Crippen LogP contribution in [0.3, 0.4) is 0 Å². The van der Waals surface area contributed by atoms with E-state index in [0.29, 0.717) is 0 Å². The third-order valence-corrected chi connectivity index (χ3v) is 3.87. The molecular weight excluding hydrogens is 234 g/mol. The summed E-state index contributed by atoms with van der Waals surface area (Å²) in [4.78, 5) is 12.5. The Kier molecular flexibility index (Phi) is 2.96. The van der Waals surface area contributed by atoms with Crippen LogP contribution in [0.1, 0.15) is 38.2 Å². The zero-order valence-corrected chi connectivity index (χ0v) is 11.3. The molecule has 1 heterocycles. The van der Waals surface area contributed by atoms with Gasteiger partial charge in [-0.1, -0.05) is 24.3 Å². The third kappa shape index (κ3) is 2.20. The summed E-state index contributed by atoms with van der Waals surface area (Å²) in [6.07, 6.45) is 0. The Morgan fingerprint density at radius 1 is 0.895 bits per heavy atom. The van der Waals surface area contributed by atoms with Crippen molar-refractivity contribution in [3.8, 4) is 0 Å². The molecule has 0 amide bonds. The van der Waals surface area contributed by atoms with Crippen molar-refractivity contribution in [3.63, 3.8) is 0 Å². The van der Waals surface area contributed by atoms with Crippen molar-refractivity contribution in [3.05, 3.63) is 69.8 Å². The molecule has 1 aliphatic heterocycles. The molecule has 0 spiro atoms.